The smallest absolute Gasteiger partial charge is 0.195 e. The normalized spacial score (nSPS) is 26.1. The molecule has 0 saturated carbocycles. The topological polar surface area (TPSA) is 46.5 Å². The summed E-state index contributed by atoms with van der Waals surface area (Å²) in [7, 11) is 0. The van der Waals surface area contributed by atoms with Crippen molar-refractivity contribution in [2.45, 2.75) is 38.4 Å². The molecule has 0 amide bonds. The van der Waals surface area contributed by atoms with E-state index in [0.29, 0.717) is 18.4 Å². The van der Waals surface area contributed by atoms with Crippen LogP contribution in [0.1, 0.15) is 30.9 Å². The number of carbonyl (C=O) groups is 1. The minimum atomic E-state index is -0.724. The van der Waals surface area contributed by atoms with E-state index >= 15 is 0 Å². The molecule has 2 aliphatic heterocycles. The Morgan fingerprint density at radius 3 is 2.58 bits per heavy atom. The Morgan fingerprint density at radius 2 is 1.88 bits per heavy atom. The fraction of sp³-hybridized carbons (Fsp3) is 0.286. The van der Waals surface area contributed by atoms with Gasteiger partial charge in [-0.15, -0.1) is 0 Å². The fourth-order valence-corrected chi connectivity index (χ4v) is 3.75. The standard InChI is InChI=1S/C21H20O3/c1-13-12-15(14-6-4-3-5-7-14)8-9-16(13)18-19(22)17-10-11-21(2,24-17)20(18)23/h3-9,12,17,23H,10-11H2,1-2H3/t17-,21-/m1/s1. The average Bonchev–Trinajstić information content (AvgIpc) is 2.97. The lowest BCUT2D eigenvalue weighted by Gasteiger charge is -2.31. The molecule has 0 aromatic heterocycles. The summed E-state index contributed by atoms with van der Waals surface area (Å²) in [4.78, 5) is 12.7. The molecule has 1 saturated heterocycles. The first kappa shape index (κ1) is 15.2. The highest BCUT2D eigenvalue weighted by atomic mass is 16.5. The van der Waals surface area contributed by atoms with Gasteiger partial charge >= 0.3 is 0 Å². The first-order valence-corrected chi connectivity index (χ1v) is 8.32. The van der Waals surface area contributed by atoms with Crippen LogP contribution in [0.25, 0.3) is 16.7 Å². The van der Waals surface area contributed by atoms with Crippen molar-refractivity contribution in [3.05, 3.63) is 65.4 Å². The average molecular weight is 320 g/mol. The van der Waals surface area contributed by atoms with Crippen LogP contribution in [0.3, 0.4) is 0 Å². The van der Waals surface area contributed by atoms with Crippen LogP contribution in [0, 0.1) is 6.92 Å². The summed E-state index contributed by atoms with van der Waals surface area (Å²) < 4.78 is 5.74. The Bertz CT molecular complexity index is 851. The molecule has 2 heterocycles. The molecule has 122 valence electrons. The van der Waals surface area contributed by atoms with Crippen LogP contribution < -0.4 is 0 Å². The number of fused-ring (bicyclic) bond motifs is 2. The number of hydrogen-bond acceptors (Lipinski definition) is 3. The van der Waals surface area contributed by atoms with Gasteiger partial charge in [0.1, 0.15) is 17.5 Å². The third-order valence-electron chi connectivity index (χ3n) is 5.17. The summed E-state index contributed by atoms with van der Waals surface area (Å²) in [5.41, 5.74) is 3.73. The number of ketones is 1. The van der Waals surface area contributed by atoms with Crippen molar-refractivity contribution >= 4 is 11.4 Å². The summed E-state index contributed by atoms with van der Waals surface area (Å²) >= 11 is 0. The van der Waals surface area contributed by atoms with E-state index < -0.39 is 11.7 Å². The second kappa shape index (κ2) is 5.32. The number of ether oxygens (including phenoxy) is 1. The minimum Gasteiger partial charge on any atom is -0.508 e. The maximum Gasteiger partial charge on any atom is 0.195 e. The van der Waals surface area contributed by atoms with Gasteiger partial charge in [0, 0.05) is 0 Å². The number of aliphatic hydroxyl groups excluding tert-OH is 1. The zero-order chi connectivity index (χ0) is 16.9. The summed E-state index contributed by atoms with van der Waals surface area (Å²) in [5.74, 6) is -0.0187. The highest BCUT2D eigenvalue weighted by Gasteiger charge is 2.50. The number of benzene rings is 2. The molecule has 0 aliphatic carbocycles. The second-order valence-corrected chi connectivity index (χ2v) is 6.86. The number of Topliss-reactive ketones (excluding diaryl/α,β-unsaturated/α-hetero) is 1. The molecule has 2 bridgehead atoms. The largest absolute Gasteiger partial charge is 0.508 e. The number of aryl methyl sites for hydroxylation is 1. The lowest BCUT2D eigenvalue weighted by Crippen LogP contribution is -2.37. The first-order valence-electron chi connectivity index (χ1n) is 8.32. The molecule has 3 nitrogen and oxygen atoms in total. The van der Waals surface area contributed by atoms with Crippen molar-refractivity contribution in [3.8, 4) is 11.1 Å². The van der Waals surface area contributed by atoms with Crippen LogP contribution in [-0.2, 0) is 9.53 Å². The van der Waals surface area contributed by atoms with Gasteiger partial charge in [-0.1, -0.05) is 48.5 Å². The molecule has 3 heteroatoms. The quantitative estimate of drug-likeness (QED) is 0.889. The summed E-state index contributed by atoms with van der Waals surface area (Å²) in [6.45, 7) is 3.84. The molecule has 24 heavy (non-hydrogen) atoms. The monoisotopic (exact) mass is 320 g/mol. The lowest BCUT2D eigenvalue weighted by atomic mass is 9.88. The Morgan fingerprint density at radius 1 is 1.12 bits per heavy atom. The zero-order valence-corrected chi connectivity index (χ0v) is 13.9. The van der Waals surface area contributed by atoms with E-state index in [-0.39, 0.29) is 11.5 Å². The van der Waals surface area contributed by atoms with Gasteiger partial charge in [0.25, 0.3) is 0 Å². The van der Waals surface area contributed by atoms with Crippen LogP contribution in [0.15, 0.2) is 54.3 Å². The van der Waals surface area contributed by atoms with Crippen molar-refractivity contribution in [2.75, 3.05) is 0 Å². The van der Waals surface area contributed by atoms with Crippen LogP contribution in [-0.4, -0.2) is 22.6 Å². The van der Waals surface area contributed by atoms with Gasteiger partial charge in [-0.3, -0.25) is 4.79 Å². The predicted octanol–water partition coefficient (Wildman–Crippen LogP) is 4.45. The maximum absolute atomic E-state index is 12.7. The van der Waals surface area contributed by atoms with Crippen LogP contribution in [0.4, 0.5) is 0 Å². The van der Waals surface area contributed by atoms with Crippen LogP contribution in [0.5, 0.6) is 0 Å². The van der Waals surface area contributed by atoms with Crippen molar-refractivity contribution in [1.29, 1.82) is 0 Å². The van der Waals surface area contributed by atoms with Crippen molar-refractivity contribution in [2.24, 2.45) is 0 Å². The molecule has 2 aliphatic rings. The summed E-state index contributed by atoms with van der Waals surface area (Å²) in [6.07, 6.45) is 0.929. The predicted molar refractivity (Wildman–Crippen MR) is 93.7 cm³/mol. The first-order chi connectivity index (χ1) is 11.5. The Balaban J connectivity index is 1.81. The Labute approximate surface area is 141 Å². The molecule has 0 spiro atoms. The molecule has 2 aromatic rings. The molecule has 0 radical (unpaired) electrons. The van der Waals surface area contributed by atoms with Gasteiger partial charge in [-0.05, 0) is 48.9 Å². The van der Waals surface area contributed by atoms with Gasteiger partial charge in [0.2, 0.25) is 0 Å². The Kier molecular flexibility index (Phi) is 3.36. The molecule has 0 unspecified atom stereocenters. The van der Waals surface area contributed by atoms with E-state index in [1.54, 1.807) is 0 Å². The van der Waals surface area contributed by atoms with Gasteiger partial charge < -0.3 is 9.84 Å². The van der Waals surface area contributed by atoms with E-state index in [9.17, 15) is 9.90 Å². The summed E-state index contributed by atoms with van der Waals surface area (Å²) in [6, 6.07) is 16.1. The third kappa shape index (κ3) is 2.20. The molecule has 2 atom stereocenters. The number of rotatable bonds is 2. The molecule has 2 aromatic carbocycles. The van der Waals surface area contributed by atoms with Gasteiger partial charge in [0.15, 0.2) is 5.78 Å². The summed E-state index contributed by atoms with van der Waals surface area (Å²) in [5, 5.41) is 10.7. The van der Waals surface area contributed by atoms with E-state index in [1.807, 2.05) is 44.2 Å². The van der Waals surface area contributed by atoms with Crippen LogP contribution >= 0.6 is 0 Å². The van der Waals surface area contributed by atoms with Gasteiger partial charge in [-0.2, -0.15) is 0 Å². The number of hydrogen-bond donors (Lipinski definition) is 1. The van der Waals surface area contributed by atoms with Crippen LogP contribution in [0.2, 0.25) is 0 Å². The van der Waals surface area contributed by atoms with Gasteiger partial charge in [-0.25, -0.2) is 0 Å². The molecule has 1 fully saturated rings. The van der Waals surface area contributed by atoms with E-state index in [4.69, 9.17) is 4.74 Å². The molecular weight excluding hydrogens is 300 g/mol. The fourth-order valence-electron chi connectivity index (χ4n) is 3.75. The highest BCUT2D eigenvalue weighted by molar-refractivity contribution is 6.25. The zero-order valence-electron chi connectivity index (χ0n) is 13.9. The maximum atomic E-state index is 12.7. The molecular formula is C21H20O3. The van der Waals surface area contributed by atoms with Crippen molar-refractivity contribution < 1.29 is 14.6 Å². The van der Waals surface area contributed by atoms with Crippen molar-refractivity contribution in [3.63, 3.8) is 0 Å². The second-order valence-electron chi connectivity index (χ2n) is 6.86. The SMILES string of the molecule is Cc1cc(-c2ccccc2)ccc1C1=C(O)[C@@]2(C)CC[C@@H](O2)C1=O. The minimum absolute atomic E-state index is 0.0804. The molecule has 4 rings (SSSR count). The molecule has 1 N–H and O–H groups in total. The van der Waals surface area contributed by atoms with Gasteiger partial charge in [0.05, 0.1) is 5.57 Å². The van der Waals surface area contributed by atoms with E-state index in [1.165, 1.54) is 0 Å². The number of carbonyl (C=O) groups excluding carboxylic acids is 1. The number of aliphatic hydroxyl groups is 1. The van der Waals surface area contributed by atoms with E-state index in [2.05, 4.69) is 18.2 Å². The lowest BCUT2D eigenvalue weighted by molar-refractivity contribution is -0.130. The third-order valence-corrected chi connectivity index (χ3v) is 5.17. The van der Waals surface area contributed by atoms with E-state index in [0.717, 1.165) is 22.3 Å². The highest BCUT2D eigenvalue weighted by Crippen LogP contribution is 2.45. The van der Waals surface area contributed by atoms with Crippen molar-refractivity contribution in [1.82, 2.24) is 0 Å². The Hall–Kier alpha value is -2.39.